The van der Waals surface area contributed by atoms with Crippen molar-refractivity contribution in [3.8, 4) is 0 Å². The van der Waals surface area contributed by atoms with Crippen molar-refractivity contribution < 1.29 is 4.79 Å². The van der Waals surface area contributed by atoms with Crippen LogP contribution in [0.3, 0.4) is 0 Å². The van der Waals surface area contributed by atoms with E-state index in [9.17, 15) is 4.79 Å². The first kappa shape index (κ1) is 19.5. The molecule has 2 heteroatoms. The predicted molar refractivity (Wildman–Crippen MR) is 123 cm³/mol. The number of rotatable bonds is 7. The minimum Gasteiger partial charge on any atom is -0.294 e. The molecule has 0 saturated carbocycles. The average Bonchev–Trinajstić information content (AvgIpc) is 2.84. The van der Waals surface area contributed by atoms with E-state index in [0.717, 1.165) is 28.0 Å². The summed E-state index contributed by atoms with van der Waals surface area (Å²) in [5, 5.41) is 0. The molecule has 0 radical (unpaired) electrons. The molecule has 30 heavy (non-hydrogen) atoms. The van der Waals surface area contributed by atoms with E-state index < -0.39 is 0 Å². The van der Waals surface area contributed by atoms with Crippen LogP contribution in [0.1, 0.15) is 39.5 Å². The topological polar surface area (TPSA) is 29.4 Å². The molecule has 0 saturated heterocycles. The second kappa shape index (κ2) is 9.62. The SMILES string of the molecule is O=C(CC(N=C(c1ccccc1)c1ccccc1)c1ccccc1)c1ccccc1. The molecule has 0 bridgehead atoms. The van der Waals surface area contributed by atoms with Gasteiger partial charge in [0.25, 0.3) is 0 Å². The number of Topliss-reactive ketones (excluding diaryl/α,β-unsaturated/α-hetero) is 1. The zero-order valence-corrected chi connectivity index (χ0v) is 16.7. The number of hydrogen-bond acceptors (Lipinski definition) is 2. The molecule has 4 aromatic rings. The van der Waals surface area contributed by atoms with Crippen LogP contribution in [-0.4, -0.2) is 11.5 Å². The molecular formula is C28H23NO. The summed E-state index contributed by atoms with van der Waals surface area (Å²) >= 11 is 0. The molecule has 4 aromatic carbocycles. The van der Waals surface area contributed by atoms with Crippen LogP contribution in [0.2, 0.25) is 0 Å². The highest BCUT2D eigenvalue weighted by molar-refractivity contribution is 6.13. The minimum absolute atomic E-state index is 0.0914. The Morgan fingerprint density at radius 3 is 1.43 bits per heavy atom. The van der Waals surface area contributed by atoms with E-state index in [1.807, 2.05) is 97.1 Å². The van der Waals surface area contributed by atoms with Crippen LogP contribution in [0.15, 0.2) is 126 Å². The van der Waals surface area contributed by atoms with Gasteiger partial charge in [-0.3, -0.25) is 9.79 Å². The standard InChI is InChI=1S/C28H23NO/c30-27(23-15-7-2-8-16-23)21-26(22-13-5-1-6-14-22)29-28(24-17-9-3-10-18-24)25-19-11-4-12-20-25/h1-20,26H,21H2. The molecule has 0 N–H and O–H groups in total. The fourth-order valence-corrected chi connectivity index (χ4v) is 3.49. The van der Waals surface area contributed by atoms with Gasteiger partial charge in [-0.25, -0.2) is 0 Å². The Hall–Kier alpha value is -3.78. The summed E-state index contributed by atoms with van der Waals surface area (Å²) in [6, 6.07) is 39.5. The normalized spacial score (nSPS) is 11.5. The van der Waals surface area contributed by atoms with Crippen LogP contribution in [0.25, 0.3) is 0 Å². The molecule has 2 nitrogen and oxygen atoms in total. The Labute approximate surface area is 177 Å². The Morgan fingerprint density at radius 2 is 0.967 bits per heavy atom. The monoisotopic (exact) mass is 389 g/mol. The van der Waals surface area contributed by atoms with Gasteiger partial charge >= 0.3 is 0 Å². The summed E-state index contributed by atoms with van der Waals surface area (Å²) in [6.07, 6.45) is 0.317. The predicted octanol–water partition coefficient (Wildman–Crippen LogP) is 6.54. The molecule has 0 aliphatic rings. The molecule has 1 unspecified atom stereocenters. The smallest absolute Gasteiger partial charge is 0.165 e. The summed E-state index contributed by atoms with van der Waals surface area (Å²) in [7, 11) is 0. The van der Waals surface area contributed by atoms with Gasteiger partial charge in [-0.05, 0) is 5.56 Å². The van der Waals surface area contributed by atoms with Crippen molar-refractivity contribution in [3.63, 3.8) is 0 Å². The van der Waals surface area contributed by atoms with Crippen LogP contribution in [0, 0.1) is 0 Å². The van der Waals surface area contributed by atoms with Crippen LogP contribution < -0.4 is 0 Å². The first-order valence-electron chi connectivity index (χ1n) is 10.1. The Balaban J connectivity index is 1.78. The van der Waals surface area contributed by atoms with E-state index in [1.165, 1.54) is 0 Å². The minimum atomic E-state index is -0.269. The van der Waals surface area contributed by atoms with E-state index in [1.54, 1.807) is 0 Å². The van der Waals surface area contributed by atoms with Crippen LogP contribution >= 0.6 is 0 Å². The van der Waals surface area contributed by atoms with Crippen molar-refractivity contribution in [2.24, 2.45) is 4.99 Å². The van der Waals surface area contributed by atoms with Crippen molar-refractivity contribution in [2.45, 2.75) is 12.5 Å². The van der Waals surface area contributed by atoms with Crippen molar-refractivity contribution in [1.29, 1.82) is 0 Å². The van der Waals surface area contributed by atoms with Gasteiger partial charge in [-0.2, -0.15) is 0 Å². The maximum Gasteiger partial charge on any atom is 0.165 e. The Morgan fingerprint density at radius 1 is 0.567 bits per heavy atom. The number of benzene rings is 4. The fourth-order valence-electron chi connectivity index (χ4n) is 3.49. The first-order chi connectivity index (χ1) is 14.8. The second-order valence-corrected chi connectivity index (χ2v) is 7.13. The highest BCUT2D eigenvalue weighted by atomic mass is 16.1. The molecule has 0 fully saturated rings. The van der Waals surface area contributed by atoms with Gasteiger partial charge in [0.05, 0.1) is 11.8 Å². The van der Waals surface area contributed by atoms with Crippen molar-refractivity contribution in [2.75, 3.05) is 0 Å². The lowest BCUT2D eigenvalue weighted by Crippen LogP contribution is -2.11. The zero-order chi connectivity index (χ0) is 20.6. The van der Waals surface area contributed by atoms with Gasteiger partial charge in [0.1, 0.15) is 0 Å². The number of carbonyl (C=O) groups is 1. The zero-order valence-electron chi connectivity index (χ0n) is 16.7. The lowest BCUT2D eigenvalue weighted by molar-refractivity contribution is 0.0974. The molecule has 0 aliphatic carbocycles. The lowest BCUT2D eigenvalue weighted by Gasteiger charge is -2.16. The van der Waals surface area contributed by atoms with Gasteiger partial charge in [-0.1, -0.05) is 121 Å². The highest BCUT2D eigenvalue weighted by Gasteiger charge is 2.18. The summed E-state index contributed by atoms with van der Waals surface area (Å²) in [6.45, 7) is 0. The van der Waals surface area contributed by atoms with E-state index in [4.69, 9.17) is 4.99 Å². The molecular weight excluding hydrogens is 366 g/mol. The van der Waals surface area contributed by atoms with Crippen molar-refractivity contribution in [1.82, 2.24) is 0 Å². The number of ketones is 1. The Bertz CT molecular complexity index is 1060. The largest absolute Gasteiger partial charge is 0.294 e. The van der Waals surface area contributed by atoms with E-state index >= 15 is 0 Å². The Kier molecular flexibility index (Phi) is 6.26. The third-order valence-electron chi connectivity index (χ3n) is 5.04. The van der Waals surface area contributed by atoms with Gasteiger partial charge in [0, 0.05) is 23.1 Å². The lowest BCUT2D eigenvalue weighted by atomic mass is 9.96. The van der Waals surface area contributed by atoms with Gasteiger partial charge in [0.15, 0.2) is 5.78 Å². The average molecular weight is 389 g/mol. The molecule has 0 spiro atoms. The van der Waals surface area contributed by atoms with Crippen LogP contribution in [-0.2, 0) is 0 Å². The summed E-state index contributed by atoms with van der Waals surface area (Å²) in [4.78, 5) is 18.2. The number of carbonyl (C=O) groups excluding carboxylic acids is 1. The molecule has 0 aliphatic heterocycles. The number of nitrogens with zero attached hydrogens (tertiary/aromatic N) is 1. The maximum absolute atomic E-state index is 13.0. The molecule has 0 amide bonds. The summed E-state index contributed by atoms with van der Waals surface area (Å²) in [5.41, 5.74) is 4.72. The van der Waals surface area contributed by atoms with Gasteiger partial charge < -0.3 is 0 Å². The summed E-state index contributed by atoms with van der Waals surface area (Å²) < 4.78 is 0. The van der Waals surface area contributed by atoms with Crippen LogP contribution in [0.4, 0.5) is 0 Å². The molecule has 4 rings (SSSR count). The van der Waals surface area contributed by atoms with Crippen molar-refractivity contribution in [3.05, 3.63) is 144 Å². The van der Waals surface area contributed by atoms with E-state index in [2.05, 4.69) is 24.3 Å². The third-order valence-corrected chi connectivity index (χ3v) is 5.04. The number of hydrogen-bond donors (Lipinski definition) is 0. The highest BCUT2D eigenvalue weighted by Crippen LogP contribution is 2.26. The maximum atomic E-state index is 13.0. The number of aliphatic imine (C=N–C) groups is 1. The first-order valence-corrected chi connectivity index (χ1v) is 10.1. The molecule has 0 heterocycles. The van der Waals surface area contributed by atoms with Crippen LogP contribution in [0.5, 0.6) is 0 Å². The fraction of sp³-hybridized carbons (Fsp3) is 0.0714. The van der Waals surface area contributed by atoms with Gasteiger partial charge in [0.2, 0.25) is 0 Å². The van der Waals surface area contributed by atoms with Crippen molar-refractivity contribution >= 4 is 11.5 Å². The molecule has 0 aromatic heterocycles. The van der Waals surface area contributed by atoms with Gasteiger partial charge in [-0.15, -0.1) is 0 Å². The quantitative estimate of drug-likeness (QED) is 0.261. The summed E-state index contributed by atoms with van der Waals surface area (Å²) in [5.74, 6) is 0.0914. The third kappa shape index (κ3) is 4.79. The van der Waals surface area contributed by atoms with E-state index in [-0.39, 0.29) is 11.8 Å². The van der Waals surface area contributed by atoms with E-state index in [0.29, 0.717) is 6.42 Å². The molecule has 146 valence electrons. The second-order valence-electron chi connectivity index (χ2n) is 7.13. The molecule has 1 atom stereocenters.